The molecule has 0 saturated carbocycles. The highest BCUT2D eigenvalue weighted by Crippen LogP contribution is 2.15. The van der Waals surface area contributed by atoms with Crippen LogP contribution < -0.4 is 5.73 Å². The van der Waals surface area contributed by atoms with Crippen molar-refractivity contribution >= 4 is 15.9 Å². The number of furan rings is 1. The molecule has 2 N–H and O–H groups in total. The zero-order valence-corrected chi connectivity index (χ0v) is 12.0. The van der Waals surface area contributed by atoms with Crippen molar-refractivity contribution in [2.45, 2.75) is 19.6 Å². The molecule has 0 fully saturated rings. The summed E-state index contributed by atoms with van der Waals surface area (Å²) in [5, 5.41) is 0. The van der Waals surface area contributed by atoms with Crippen molar-refractivity contribution in [1.82, 2.24) is 4.90 Å². The Morgan fingerprint density at radius 1 is 1.17 bits per heavy atom. The third-order valence-electron chi connectivity index (χ3n) is 2.84. The summed E-state index contributed by atoms with van der Waals surface area (Å²) in [7, 11) is 2.07. The van der Waals surface area contributed by atoms with Crippen molar-refractivity contribution in [2.75, 3.05) is 7.05 Å². The minimum Gasteiger partial charge on any atom is -0.468 e. The van der Waals surface area contributed by atoms with E-state index in [1.165, 1.54) is 5.56 Å². The molecule has 2 rings (SSSR count). The van der Waals surface area contributed by atoms with Crippen LogP contribution in [0.5, 0.6) is 0 Å². The maximum atomic E-state index is 5.66. The normalized spacial score (nSPS) is 11.1. The Morgan fingerprint density at radius 2 is 1.89 bits per heavy atom. The van der Waals surface area contributed by atoms with Crippen LogP contribution in [-0.4, -0.2) is 11.9 Å². The molecule has 0 aliphatic rings. The molecular formula is C14H17BrN2O. The van der Waals surface area contributed by atoms with Gasteiger partial charge in [0, 0.05) is 23.1 Å². The zero-order valence-electron chi connectivity index (χ0n) is 10.4. The van der Waals surface area contributed by atoms with E-state index in [-0.39, 0.29) is 0 Å². The molecule has 96 valence electrons. The van der Waals surface area contributed by atoms with Crippen LogP contribution in [0.2, 0.25) is 0 Å². The van der Waals surface area contributed by atoms with Crippen LogP contribution in [-0.2, 0) is 19.6 Å². The highest BCUT2D eigenvalue weighted by atomic mass is 79.9. The van der Waals surface area contributed by atoms with Gasteiger partial charge in [-0.25, -0.2) is 0 Å². The Hall–Kier alpha value is -1.10. The Bertz CT molecular complexity index is 493. The van der Waals surface area contributed by atoms with Crippen molar-refractivity contribution in [1.29, 1.82) is 0 Å². The lowest BCUT2D eigenvalue weighted by Crippen LogP contribution is -2.18. The smallest absolute Gasteiger partial charge is 0.122 e. The largest absolute Gasteiger partial charge is 0.468 e. The Morgan fingerprint density at radius 3 is 2.56 bits per heavy atom. The molecule has 0 aliphatic heterocycles. The van der Waals surface area contributed by atoms with Gasteiger partial charge in [-0.15, -0.1) is 0 Å². The summed E-state index contributed by atoms with van der Waals surface area (Å²) in [4.78, 5) is 2.21. The van der Waals surface area contributed by atoms with Gasteiger partial charge in [0.1, 0.15) is 5.76 Å². The van der Waals surface area contributed by atoms with Crippen LogP contribution in [0.25, 0.3) is 0 Å². The molecule has 0 amide bonds. The van der Waals surface area contributed by atoms with Crippen molar-refractivity contribution < 1.29 is 4.42 Å². The number of rotatable bonds is 5. The van der Waals surface area contributed by atoms with Gasteiger partial charge in [0.25, 0.3) is 0 Å². The lowest BCUT2D eigenvalue weighted by atomic mass is 10.2. The molecule has 3 nitrogen and oxygen atoms in total. The SMILES string of the molecule is CN(Cc1ccc(Br)cc1)Cc1occc1CN. The second-order valence-electron chi connectivity index (χ2n) is 4.37. The van der Waals surface area contributed by atoms with E-state index in [4.69, 9.17) is 10.2 Å². The van der Waals surface area contributed by atoms with Crippen LogP contribution in [0.4, 0.5) is 0 Å². The number of hydrogen-bond acceptors (Lipinski definition) is 3. The molecule has 0 aliphatic carbocycles. The van der Waals surface area contributed by atoms with Crippen LogP contribution in [0.15, 0.2) is 45.5 Å². The molecular weight excluding hydrogens is 292 g/mol. The minimum atomic E-state index is 0.526. The maximum Gasteiger partial charge on any atom is 0.122 e. The molecule has 1 heterocycles. The van der Waals surface area contributed by atoms with Gasteiger partial charge in [0.05, 0.1) is 12.8 Å². The zero-order chi connectivity index (χ0) is 13.0. The van der Waals surface area contributed by atoms with Gasteiger partial charge in [-0.1, -0.05) is 28.1 Å². The average molecular weight is 309 g/mol. The number of nitrogens with zero attached hydrogens (tertiary/aromatic N) is 1. The monoisotopic (exact) mass is 308 g/mol. The van der Waals surface area contributed by atoms with Gasteiger partial charge >= 0.3 is 0 Å². The van der Waals surface area contributed by atoms with E-state index in [0.717, 1.165) is 28.9 Å². The number of hydrogen-bond donors (Lipinski definition) is 1. The predicted molar refractivity (Wildman–Crippen MR) is 75.9 cm³/mol. The third kappa shape index (κ3) is 3.45. The third-order valence-corrected chi connectivity index (χ3v) is 3.37. The van der Waals surface area contributed by atoms with Crippen molar-refractivity contribution in [3.63, 3.8) is 0 Å². The quantitative estimate of drug-likeness (QED) is 0.922. The molecule has 2 aromatic rings. The van der Waals surface area contributed by atoms with E-state index in [9.17, 15) is 0 Å². The topological polar surface area (TPSA) is 42.4 Å². The second-order valence-corrected chi connectivity index (χ2v) is 5.29. The highest BCUT2D eigenvalue weighted by Gasteiger charge is 2.08. The van der Waals surface area contributed by atoms with Crippen molar-refractivity contribution in [2.24, 2.45) is 5.73 Å². The molecule has 1 aromatic carbocycles. The molecule has 18 heavy (non-hydrogen) atoms. The van der Waals surface area contributed by atoms with Gasteiger partial charge in [-0.05, 0) is 30.8 Å². The Kier molecular flexibility index (Phi) is 4.58. The van der Waals surface area contributed by atoms with Gasteiger partial charge in [0.15, 0.2) is 0 Å². The highest BCUT2D eigenvalue weighted by molar-refractivity contribution is 9.10. The lowest BCUT2D eigenvalue weighted by molar-refractivity contribution is 0.286. The molecule has 0 radical (unpaired) electrons. The molecule has 0 atom stereocenters. The second kappa shape index (κ2) is 6.18. The standard InChI is InChI=1S/C14H17BrN2O/c1-17(9-11-2-4-13(15)5-3-11)10-14-12(8-16)6-7-18-14/h2-7H,8-10,16H2,1H3. The summed E-state index contributed by atoms with van der Waals surface area (Å²) in [6.07, 6.45) is 1.70. The number of benzene rings is 1. The van der Waals surface area contributed by atoms with Crippen molar-refractivity contribution in [3.8, 4) is 0 Å². The summed E-state index contributed by atoms with van der Waals surface area (Å²) in [5.41, 5.74) is 8.02. The van der Waals surface area contributed by atoms with Crippen LogP contribution in [0.1, 0.15) is 16.9 Å². The molecule has 0 bridgehead atoms. The average Bonchev–Trinajstić information content (AvgIpc) is 2.79. The van der Waals surface area contributed by atoms with Crippen molar-refractivity contribution in [3.05, 3.63) is 58.0 Å². The first-order valence-electron chi connectivity index (χ1n) is 5.87. The Labute approximate surface area is 116 Å². The van der Waals surface area contributed by atoms with E-state index in [1.807, 2.05) is 6.07 Å². The molecule has 0 saturated heterocycles. The first-order valence-corrected chi connectivity index (χ1v) is 6.66. The Balaban J connectivity index is 1.96. The fourth-order valence-corrected chi connectivity index (χ4v) is 2.15. The van der Waals surface area contributed by atoms with Gasteiger partial charge in [-0.3, -0.25) is 4.90 Å². The minimum absolute atomic E-state index is 0.526. The summed E-state index contributed by atoms with van der Waals surface area (Å²) < 4.78 is 6.56. The summed E-state index contributed by atoms with van der Waals surface area (Å²) in [5.74, 6) is 0.956. The van der Waals surface area contributed by atoms with Crippen LogP contribution >= 0.6 is 15.9 Å². The maximum absolute atomic E-state index is 5.66. The van der Waals surface area contributed by atoms with E-state index in [1.54, 1.807) is 6.26 Å². The van der Waals surface area contributed by atoms with Crippen LogP contribution in [0, 0.1) is 0 Å². The first kappa shape index (κ1) is 13.3. The van der Waals surface area contributed by atoms with Gasteiger partial charge < -0.3 is 10.2 Å². The molecule has 0 unspecified atom stereocenters. The fourth-order valence-electron chi connectivity index (χ4n) is 1.89. The van der Waals surface area contributed by atoms with E-state index in [0.29, 0.717) is 6.54 Å². The molecule has 1 aromatic heterocycles. The van der Waals surface area contributed by atoms with Gasteiger partial charge in [-0.2, -0.15) is 0 Å². The number of halogens is 1. The summed E-state index contributed by atoms with van der Waals surface area (Å²) in [6.45, 7) is 2.19. The van der Waals surface area contributed by atoms with Crippen LogP contribution in [0.3, 0.4) is 0 Å². The molecule has 0 spiro atoms. The predicted octanol–water partition coefficient (Wildman–Crippen LogP) is 3.13. The van der Waals surface area contributed by atoms with Gasteiger partial charge in [0.2, 0.25) is 0 Å². The molecule has 4 heteroatoms. The fraction of sp³-hybridized carbons (Fsp3) is 0.286. The van der Waals surface area contributed by atoms with E-state index < -0.39 is 0 Å². The summed E-state index contributed by atoms with van der Waals surface area (Å²) in [6, 6.07) is 10.3. The first-order chi connectivity index (χ1) is 8.69. The van der Waals surface area contributed by atoms with E-state index in [2.05, 4.69) is 52.1 Å². The summed E-state index contributed by atoms with van der Waals surface area (Å²) >= 11 is 3.44. The van der Waals surface area contributed by atoms with E-state index >= 15 is 0 Å². The lowest BCUT2D eigenvalue weighted by Gasteiger charge is -2.16. The number of nitrogens with two attached hydrogens (primary N) is 1.